The lowest BCUT2D eigenvalue weighted by Crippen LogP contribution is -2.15. The van der Waals surface area contributed by atoms with E-state index >= 15 is 0 Å². The molecule has 3 rings (SSSR count). The number of carbonyl (C=O) groups is 1. The van der Waals surface area contributed by atoms with Crippen LogP contribution in [0.15, 0.2) is 54.7 Å². The number of halogens is 1. The van der Waals surface area contributed by atoms with Gasteiger partial charge in [-0.25, -0.2) is 9.37 Å². The highest BCUT2D eigenvalue weighted by Gasteiger charge is 2.09. The number of rotatable bonds is 5. The van der Waals surface area contributed by atoms with E-state index in [0.29, 0.717) is 17.1 Å². The van der Waals surface area contributed by atoms with E-state index in [9.17, 15) is 9.18 Å². The van der Waals surface area contributed by atoms with Crippen molar-refractivity contribution in [3.63, 3.8) is 0 Å². The van der Waals surface area contributed by atoms with Crippen LogP contribution < -0.4 is 10.6 Å². The number of aryl methyl sites for hydroxylation is 3. The van der Waals surface area contributed by atoms with Gasteiger partial charge < -0.3 is 10.6 Å². The molecule has 0 spiro atoms. The number of hydrogen-bond donors (Lipinski definition) is 2. The fraction of sp³-hybridized carbons (Fsp3) is 0.182. The quantitative estimate of drug-likeness (QED) is 0.665. The number of hydrogen-bond acceptors (Lipinski definition) is 3. The zero-order valence-electron chi connectivity index (χ0n) is 15.6. The molecule has 5 heteroatoms. The van der Waals surface area contributed by atoms with E-state index in [1.54, 1.807) is 36.5 Å². The zero-order valence-corrected chi connectivity index (χ0v) is 15.6. The van der Waals surface area contributed by atoms with Gasteiger partial charge in [-0.2, -0.15) is 0 Å². The number of nitrogens with one attached hydrogen (secondary N) is 2. The van der Waals surface area contributed by atoms with E-state index in [-0.39, 0.29) is 18.1 Å². The van der Waals surface area contributed by atoms with Gasteiger partial charge in [0, 0.05) is 5.69 Å². The van der Waals surface area contributed by atoms with Gasteiger partial charge in [0.1, 0.15) is 11.6 Å². The van der Waals surface area contributed by atoms with Crippen molar-refractivity contribution in [3.05, 3.63) is 82.8 Å². The number of amides is 1. The molecular weight excluding hydrogens is 341 g/mol. The SMILES string of the molecule is Cc1cc(C)c(Nc2ccc(NC(=O)Cc3ccccc3F)cn2)c(C)c1. The topological polar surface area (TPSA) is 54.0 Å². The highest BCUT2D eigenvalue weighted by atomic mass is 19.1. The Morgan fingerprint density at radius 2 is 1.74 bits per heavy atom. The third-order valence-electron chi connectivity index (χ3n) is 4.29. The first-order valence-electron chi connectivity index (χ1n) is 8.76. The van der Waals surface area contributed by atoms with Crippen LogP contribution in [0.25, 0.3) is 0 Å². The van der Waals surface area contributed by atoms with E-state index in [1.807, 2.05) is 0 Å². The van der Waals surface area contributed by atoms with Crippen molar-refractivity contribution in [2.24, 2.45) is 0 Å². The Morgan fingerprint density at radius 3 is 2.37 bits per heavy atom. The number of anilines is 3. The number of benzene rings is 2. The molecule has 0 atom stereocenters. The van der Waals surface area contributed by atoms with E-state index in [4.69, 9.17) is 0 Å². The fourth-order valence-electron chi connectivity index (χ4n) is 3.07. The predicted octanol–water partition coefficient (Wildman–Crippen LogP) is 5.07. The first kappa shape index (κ1) is 18.6. The summed E-state index contributed by atoms with van der Waals surface area (Å²) in [6.07, 6.45) is 1.56. The highest BCUT2D eigenvalue weighted by Crippen LogP contribution is 2.25. The average Bonchev–Trinajstić information content (AvgIpc) is 2.61. The number of pyridine rings is 1. The molecule has 0 aliphatic rings. The van der Waals surface area contributed by atoms with Crippen LogP contribution in [0, 0.1) is 26.6 Å². The molecule has 4 nitrogen and oxygen atoms in total. The molecule has 2 N–H and O–H groups in total. The summed E-state index contributed by atoms with van der Waals surface area (Å²) in [5.41, 5.74) is 5.49. The summed E-state index contributed by atoms with van der Waals surface area (Å²) >= 11 is 0. The maximum Gasteiger partial charge on any atom is 0.228 e. The Hall–Kier alpha value is -3.21. The molecule has 3 aromatic rings. The lowest BCUT2D eigenvalue weighted by molar-refractivity contribution is -0.115. The summed E-state index contributed by atoms with van der Waals surface area (Å²) < 4.78 is 13.6. The maximum atomic E-state index is 13.6. The standard InChI is InChI=1S/C22H22FN3O/c1-14-10-15(2)22(16(3)11-14)26-20-9-8-18(13-24-20)25-21(27)12-17-6-4-5-7-19(17)23/h4-11,13H,12H2,1-3H3,(H,24,26)(H,25,27). The smallest absolute Gasteiger partial charge is 0.228 e. The average molecular weight is 363 g/mol. The van der Waals surface area contributed by atoms with Gasteiger partial charge in [-0.1, -0.05) is 35.9 Å². The Morgan fingerprint density at radius 1 is 1.04 bits per heavy atom. The van der Waals surface area contributed by atoms with Crippen molar-refractivity contribution < 1.29 is 9.18 Å². The number of aromatic nitrogens is 1. The molecule has 0 radical (unpaired) electrons. The summed E-state index contributed by atoms with van der Waals surface area (Å²) in [6.45, 7) is 6.18. The molecule has 0 fully saturated rings. The van der Waals surface area contributed by atoms with Gasteiger partial charge >= 0.3 is 0 Å². The molecular formula is C22H22FN3O. The Balaban J connectivity index is 1.65. The molecule has 0 unspecified atom stereocenters. The monoisotopic (exact) mass is 363 g/mol. The van der Waals surface area contributed by atoms with Crippen molar-refractivity contribution in [2.45, 2.75) is 27.2 Å². The molecule has 1 aromatic heterocycles. The summed E-state index contributed by atoms with van der Waals surface area (Å²) in [5.74, 6) is 0.0270. The van der Waals surface area contributed by atoms with Crippen LogP contribution >= 0.6 is 0 Å². The zero-order chi connectivity index (χ0) is 19.4. The van der Waals surface area contributed by atoms with Crippen LogP contribution in [0.2, 0.25) is 0 Å². The minimum absolute atomic E-state index is 0.0194. The second-order valence-corrected chi connectivity index (χ2v) is 6.65. The first-order chi connectivity index (χ1) is 12.9. The summed E-state index contributed by atoms with van der Waals surface area (Å²) in [4.78, 5) is 16.5. The molecule has 1 heterocycles. The second-order valence-electron chi connectivity index (χ2n) is 6.65. The van der Waals surface area contributed by atoms with E-state index in [0.717, 1.165) is 16.8 Å². The van der Waals surface area contributed by atoms with Gasteiger partial charge in [0.25, 0.3) is 0 Å². The third kappa shape index (κ3) is 4.70. The molecule has 0 aliphatic heterocycles. The molecule has 1 amide bonds. The first-order valence-corrected chi connectivity index (χ1v) is 8.76. The third-order valence-corrected chi connectivity index (χ3v) is 4.29. The van der Waals surface area contributed by atoms with Crippen molar-refractivity contribution in [2.75, 3.05) is 10.6 Å². The molecule has 0 bridgehead atoms. The van der Waals surface area contributed by atoms with Crippen LogP contribution in [-0.2, 0) is 11.2 Å². The highest BCUT2D eigenvalue weighted by molar-refractivity contribution is 5.92. The second kappa shape index (κ2) is 7.99. The van der Waals surface area contributed by atoms with Crippen LogP contribution in [0.1, 0.15) is 22.3 Å². The van der Waals surface area contributed by atoms with Crippen LogP contribution in [0.3, 0.4) is 0 Å². The van der Waals surface area contributed by atoms with E-state index in [2.05, 4.69) is 48.5 Å². The van der Waals surface area contributed by atoms with Gasteiger partial charge in [-0.3, -0.25) is 4.79 Å². The summed E-state index contributed by atoms with van der Waals surface area (Å²) in [7, 11) is 0. The lowest BCUT2D eigenvalue weighted by Gasteiger charge is -2.13. The van der Waals surface area contributed by atoms with Crippen molar-refractivity contribution in [3.8, 4) is 0 Å². The van der Waals surface area contributed by atoms with Gasteiger partial charge in [-0.05, 0) is 55.7 Å². The Bertz CT molecular complexity index is 945. The maximum absolute atomic E-state index is 13.6. The molecule has 138 valence electrons. The summed E-state index contributed by atoms with van der Waals surface area (Å²) in [5, 5.41) is 6.07. The van der Waals surface area contributed by atoms with Gasteiger partial charge in [0.15, 0.2) is 0 Å². The Labute approximate surface area is 158 Å². The normalized spacial score (nSPS) is 10.5. The molecule has 0 aliphatic carbocycles. The minimum atomic E-state index is -0.380. The van der Waals surface area contributed by atoms with E-state index in [1.165, 1.54) is 11.6 Å². The van der Waals surface area contributed by atoms with E-state index < -0.39 is 0 Å². The van der Waals surface area contributed by atoms with Gasteiger partial charge in [0.2, 0.25) is 5.91 Å². The minimum Gasteiger partial charge on any atom is -0.340 e. The van der Waals surface area contributed by atoms with Gasteiger partial charge in [0.05, 0.1) is 18.3 Å². The molecule has 27 heavy (non-hydrogen) atoms. The predicted molar refractivity (Wildman–Crippen MR) is 107 cm³/mol. The Kier molecular flexibility index (Phi) is 5.50. The fourth-order valence-corrected chi connectivity index (χ4v) is 3.07. The van der Waals surface area contributed by atoms with Crippen molar-refractivity contribution in [1.29, 1.82) is 0 Å². The van der Waals surface area contributed by atoms with Gasteiger partial charge in [-0.15, -0.1) is 0 Å². The summed E-state index contributed by atoms with van der Waals surface area (Å²) in [6, 6.07) is 14.1. The number of carbonyl (C=O) groups excluding carboxylic acids is 1. The molecule has 0 saturated carbocycles. The largest absolute Gasteiger partial charge is 0.340 e. The molecule has 2 aromatic carbocycles. The van der Waals surface area contributed by atoms with Crippen molar-refractivity contribution >= 4 is 23.1 Å². The van der Waals surface area contributed by atoms with Crippen LogP contribution in [0.4, 0.5) is 21.6 Å². The van der Waals surface area contributed by atoms with Crippen LogP contribution in [-0.4, -0.2) is 10.9 Å². The van der Waals surface area contributed by atoms with Crippen LogP contribution in [0.5, 0.6) is 0 Å². The van der Waals surface area contributed by atoms with Crippen molar-refractivity contribution in [1.82, 2.24) is 4.98 Å². The lowest BCUT2D eigenvalue weighted by atomic mass is 10.1. The number of nitrogens with zero attached hydrogens (tertiary/aromatic N) is 1. The molecule has 0 saturated heterocycles.